The predicted octanol–water partition coefficient (Wildman–Crippen LogP) is 4.32. The van der Waals surface area contributed by atoms with E-state index in [1.54, 1.807) is 13.0 Å². The van der Waals surface area contributed by atoms with Crippen molar-refractivity contribution in [1.82, 2.24) is 15.3 Å². The zero-order valence-corrected chi connectivity index (χ0v) is 22.8. The van der Waals surface area contributed by atoms with Crippen LogP contribution in [-0.2, 0) is 9.53 Å². The summed E-state index contributed by atoms with van der Waals surface area (Å²) in [6, 6.07) is 6.92. The Morgan fingerprint density at radius 3 is 2.68 bits per heavy atom. The van der Waals surface area contributed by atoms with Crippen molar-refractivity contribution in [3.63, 3.8) is 0 Å². The molecular formula is C30H31F2N5O4. The molecule has 214 valence electrons. The third kappa shape index (κ3) is 5.42. The first-order chi connectivity index (χ1) is 19.7. The Kier molecular flexibility index (Phi) is 7.83. The van der Waals surface area contributed by atoms with Crippen molar-refractivity contribution in [2.45, 2.75) is 43.7 Å². The van der Waals surface area contributed by atoms with Gasteiger partial charge in [0.05, 0.1) is 11.7 Å². The summed E-state index contributed by atoms with van der Waals surface area (Å²) in [6.45, 7) is 5.59. The molecule has 1 aliphatic heterocycles. The summed E-state index contributed by atoms with van der Waals surface area (Å²) >= 11 is 0. The number of nitrogens with zero attached hydrogens (tertiary/aromatic N) is 2. The molecule has 1 saturated carbocycles. The Morgan fingerprint density at radius 1 is 1.22 bits per heavy atom. The molecule has 0 unspecified atom stereocenters. The standard InChI is InChI=1S/C30H31F2N5O4/c1-4-24(38)30(25(40-3)9-10-36-30)14-41-27-26(34-15-35-28(27)33)21-12-19(31)13-23(16(21)2)37-29(39)20-8-7-18(11-22(20)32)17-5-6-17/h4,7-8,11-13,15,17,25,36H,1,5-6,9-10,14H2,2-3H3,(H,37,39)(H2,33,34,35)/t25-,30-/m0/s1. The number of benzene rings is 2. The summed E-state index contributed by atoms with van der Waals surface area (Å²) in [4.78, 5) is 34.2. The number of anilines is 2. The number of ether oxygens (including phenoxy) is 2. The van der Waals surface area contributed by atoms with Gasteiger partial charge in [-0.2, -0.15) is 0 Å². The fourth-order valence-electron chi connectivity index (χ4n) is 5.29. The Morgan fingerprint density at radius 2 is 2.00 bits per heavy atom. The third-order valence-electron chi connectivity index (χ3n) is 7.74. The second-order valence-electron chi connectivity index (χ2n) is 10.3. The zero-order chi connectivity index (χ0) is 29.3. The Labute approximate surface area is 236 Å². The van der Waals surface area contributed by atoms with Crippen LogP contribution in [0.5, 0.6) is 5.75 Å². The van der Waals surface area contributed by atoms with Gasteiger partial charge in [0.25, 0.3) is 5.91 Å². The van der Waals surface area contributed by atoms with Gasteiger partial charge < -0.3 is 20.5 Å². The van der Waals surface area contributed by atoms with Crippen molar-refractivity contribution in [3.05, 3.63) is 77.6 Å². The molecule has 0 radical (unpaired) electrons. The van der Waals surface area contributed by atoms with Crippen LogP contribution in [0, 0.1) is 18.6 Å². The molecule has 1 saturated heterocycles. The second kappa shape index (κ2) is 11.3. The molecule has 2 aromatic carbocycles. The van der Waals surface area contributed by atoms with Crippen molar-refractivity contribution in [2.75, 3.05) is 31.3 Å². The van der Waals surface area contributed by atoms with Gasteiger partial charge in [-0.05, 0) is 80.1 Å². The largest absolute Gasteiger partial charge is 0.485 e. The highest BCUT2D eigenvalue weighted by molar-refractivity contribution is 6.05. The average molecular weight is 564 g/mol. The van der Waals surface area contributed by atoms with Gasteiger partial charge in [0.15, 0.2) is 17.4 Å². The maximum atomic E-state index is 14.9. The summed E-state index contributed by atoms with van der Waals surface area (Å²) in [5.41, 5.74) is 6.62. The first-order valence-corrected chi connectivity index (χ1v) is 13.3. The fraction of sp³-hybridized carbons (Fsp3) is 0.333. The van der Waals surface area contributed by atoms with Gasteiger partial charge in [0, 0.05) is 18.4 Å². The maximum Gasteiger partial charge on any atom is 0.258 e. The maximum absolute atomic E-state index is 14.9. The molecule has 2 aliphatic rings. The van der Waals surface area contributed by atoms with Crippen LogP contribution in [0.4, 0.5) is 20.3 Å². The molecule has 0 spiro atoms. The van der Waals surface area contributed by atoms with E-state index in [1.165, 1.54) is 37.7 Å². The minimum Gasteiger partial charge on any atom is -0.485 e. The number of amides is 1. The van der Waals surface area contributed by atoms with Gasteiger partial charge in [0.2, 0.25) is 0 Å². The predicted molar refractivity (Wildman–Crippen MR) is 150 cm³/mol. The first kappa shape index (κ1) is 28.3. The van der Waals surface area contributed by atoms with Crippen LogP contribution >= 0.6 is 0 Å². The Hall–Kier alpha value is -4.22. The first-order valence-electron chi connectivity index (χ1n) is 13.3. The van der Waals surface area contributed by atoms with E-state index in [9.17, 15) is 18.4 Å². The number of hydrogen-bond acceptors (Lipinski definition) is 8. The van der Waals surface area contributed by atoms with E-state index in [1.807, 2.05) is 0 Å². The molecule has 2 atom stereocenters. The fourth-order valence-corrected chi connectivity index (χ4v) is 5.29. The number of carbonyl (C=O) groups is 2. The van der Waals surface area contributed by atoms with Crippen LogP contribution in [0.25, 0.3) is 11.3 Å². The smallest absolute Gasteiger partial charge is 0.258 e. The number of methoxy groups -OCH3 is 1. The minimum atomic E-state index is -1.22. The summed E-state index contributed by atoms with van der Waals surface area (Å²) in [5.74, 6) is -2.02. The number of rotatable bonds is 10. The van der Waals surface area contributed by atoms with Crippen LogP contribution in [-0.4, -0.2) is 53.6 Å². The van der Waals surface area contributed by atoms with E-state index in [0.717, 1.165) is 24.5 Å². The van der Waals surface area contributed by atoms with Gasteiger partial charge in [0.1, 0.15) is 35.8 Å². The highest BCUT2D eigenvalue weighted by Gasteiger charge is 2.49. The molecule has 5 rings (SSSR count). The van der Waals surface area contributed by atoms with E-state index in [-0.39, 0.29) is 46.5 Å². The third-order valence-corrected chi connectivity index (χ3v) is 7.74. The minimum absolute atomic E-state index is 0.0278. The highest BCUT2D eigenvalue weighted by atomic mass is 19.1. The number of aromatic nitrogens is 2. The van der Waals surface area contributed by atoms with Gasteiger partial charge in [-0.25, -0.2) is 18.7 Å². The van der Waals surface area contributed by atoms with Crippen LogP contribution in [0.3, 0.4) is 0 Å². The lowest BCUT2D eigenvalue weighted by molar-refractivity contribution is -0.126. The normalized spacial score (nSPS) is 20.0. The van der Waals surface area contributed by atoms with Gasteiger partial charge >= 0.3 is 0 Å². The molecule has 9 nitrogen and oxygen atoms in total. The van der Waals surface area contributed by atoms with Crippen molar-refractivity contribution in [2.24, 2.45) is 0 Å². The highest BCUT2D eigenvalue weighted by Crippen LogP contribution is 2.41. The molecule has 0 bridgehead atoms. The van der Waals surface area contributed by atoms with E-state index >= 15 is 0 Å². The van der Waals surface area contributed by atoms with Crippen LogP contribution in [0.15, 0.2) is 49.3 Å². The molecule has 2 fully saturated rings. The second-order valence-corrected chi connectivity index (χ2v) is 10.3. The lowest BCUT2D eigenvalue weighted by atomic mass is 9.90. The molecule has 41 heavy (non-hydrogen) atoms. The summed E-state index contributed by atoms with van der Waals surface area (Å²) < 4.78 is 41.3. The molecule has 3 aromatic rings. The number of nitrogens with two attached hydrogens (primary N) is 1. The van der Waals surface area contributed by atoms with E-state index in [4.69, 9.17) is 15.2 Å². The van der Waals surface area contributed by atoms with Crippen molar-refractivity contribution in [3.8, 4) is 17.0 Å². The number of ketones is 1. The SMILES string of the molecule is C=CC(=O)[C@]1(COc2c(N)ncnc2-c2cc(F)cc(NC(=O)c3ccc(C4CC4)cc3F)c2C)NCC[C@@H]1OC. The topological polar surface area (TPSA) is 128 Å². The Balaban J connectivity index is 1.46. The summed E-state index contributed by atoms with van der Waals surface area (Å²) in [6.07, 6.45) is 4.50. The van der Waals surface area contributed by atoms with Crippen molar-refractivity contribution in [1.29, 1.82) is 0 Å². The molecule has 2 heterocycles. The molecule has 1 aliphatic carbocycles. The van der Waals surface area contributed by atoms with Crippen molar-refractivity contribution >= 4 is 23.2 Å². The summed E-state index contributed by atoms with van der Waals surface area (Å²) in [5, 5.41) is 5.78. The molecule has 1 aromatic heterocycles. The van der Waals surface area contributed by atoms with Crippen LogP contribution < -0.4 is 21.1 Å². The Bertz CT molecular complexity index is 1530. The molecule has 4 N–H and O–H groups in total. The van der Waals surface area contributed by atoms with Gasteiger partial charge in [-0.3, -0.25) is 14.9 Å². The number of halogens is 2. The van der Waals surface area contributed by atoms with E-state index < -0.39 is 29.2 Å². The van der Waals surface area contributed by atoms with E-state index in [0.29, 0.717) is 24.4 Å². The quantitative estimate of drug-likeness (QED) is 0.311. The average Bonchev–Trinajstić information content (AvgIpc) is 3.73. The van der Waals surface area contributed by atoms with Crippen molar-refractivity contribution < 1.29 is 27.8 Å². The number of nitrogens with one attached hydrogen (secondary N) is 2. The number of nitrogen functional groups attached to an aromatic ring is 1. The monoisotopic (exact) mass is 563 g/mol. The van der Waals surface area contributed by atoms with Gasteiger partial charge in [-0.15, -0.1) is 0 Å². The molecular weight excluding hydrogens is 532 g/mol. The number of hydrogen-bond donors (Lipinski definition) is 3. The van der Waals surface area contributed by atoms with Gasteiger partial charge in [-0.1, -0.05) is 12.6 Å². The molecule has 1 amide bonds. The van der Waals surface area contributed by atoms with Crippen LogP contribution in [0.2, 0.25) is 0 Å². The zero-order valence-electron chi connectivity index (χ0n) is 22.8. The van der Waals surface area contributed by atoms with E-state index in [2.05, 4.69) is 27.2 Å². The number of carbonyl (C=O) groups excluding carboxylic acids is 2. The van der Waals surface area contributed by atoms with Crippen LogP contribution in [0.1, 0.15) is 46.7 Å². The lowest BCUT2D eigenvalue weighted by Crippen LogP contribution is -2.58. The lowest BCUT2D eigenvalue weighted by Gasteiger charge is -2.32. The molecule has 11 heteroatoms. The summed E-state index contributed by atoms with van der Waals surface area (Å²) in [7, 11) is 1.51.